The smallest absolute Gasteiger partial charge is 0.282 e. The number of nitrogens with zero attached hydrogens (tertiary/aromatic N) is 4. The minimum Gasteiger partial charge on any atom is -0.497 e. The lowest BCUT2D eigenvalue weighted by atomic mass is 10.1. The van der Waals surface area contributed by atoms with Crippen molar-refractivity contribution in [2.45, 2.75) is 0 Å². The van der Waals surface area contributed by atoms with Crippen molar-refractivity contribution in [1.29, 1.82) is 0 Å². The van der Waals surface area contributed by atoms with E-state index in [0.29, 0.717) is 11.5 Å². The minimum absolute atomic E-state index is 0.134. The van der Waals surface area contributed by atoms with Crippen molar-refractivity contribution in [1.82, 2.24) is 14.1 Å². The van der Waals surface area contributed by atoms with Crippen LogP contribution in [0, 0.1) is 0 Å². The number of hydrogen-bond donors (Lipinski definition) is 0. The van der Waals surface area contributed by atoms with Gasteiger partial charge in [0.25, 0.3) is 5.56 Å². The zero-order valence-electron chi connectivity index (χ0n) is 15.5. The average Bonchev–Trinajstić information content (AvgIpc) is 3.04. The Kier molecular flexibility index (Phi) is 4.16. The lowest BCUT2D eigenvalue weighted by Gasteiger charge is -2.14. The second-order valence-electron chi connectivity index (χ2n) is 6.47. The molecule has 0 unspecified atom stereocenters. The number of aromatic nitrogens is 3. The standard InChI is InChI=1S/C21H20N4O2/c1-23(2)16-6-8-17(9-7-16)24-12-13-25-19(14-24)22-20(21(25)26)15-4-10-18(27-3)11-5-15/h4-14H,1-3H3. The monoisotopic (exact) mass is 360 g/mol. The van der Waals surface area contributed by atoms with Gasteiger partial charge >= 0.3 is 0 Å². The van der Waals surface area contributed by atoms with E-state index < -0.39 is 0 Å². The largest absolute Gasteiger partial charge is 0.497 e. The average molecular weight is 360 g/mol. The lowest BCUT2D eigenvalue weighted by molar-refractivity contribution is 0.415. The van der Waals surface area contributed by atoms with Gasteiger partial charge in [0.1, 0.15) is 11.4 Å². The zero-order valence-corrected chi connectivity index (χ0v) is 15.5. The Bertz CT molecular complexity index is 1090. The summed E-state index contributed by atoms with van der Waals surface area (Å²) in [6.07, 6.45) is 5.47. The van der Waals surface area contributed by atoms with Crippen molar-refractivity contribution in [2.75, 3.05) is 26.1 Å². The maximum Gasteiger partial charge on any atom is 0.282 e. The summed E-state index contributed by atoms with van der Waals surface area (Å²) in [7, 11) is 5.63. The first-order valence-electron chi connectivity index (χ1n) is 8.59. The van der Waals surface area contributed by atoms with Gasteiger partial charge in [0, 0.05) is 43.4 Å². The van der Waals surface area contributed by atoms with Gasteiger partial charge in [0.05, 0.1) is 13.3 Å². The van der Waals surface area contributed by atoms with Gasteiger partial charge in [0.15, 0.2) is 5.82 Å². The van der Waals surface area contributed by atoms with Gasteiger partial charge in [-0.15, -0.1) is 0 Å². The number of hydrogen-bond acceptors (Lipinski definition) is 4. The van der Waals surface area contributed by atoms with E-state index in [2.05, 4.69) is 22.0 Å². The molecular weight excluding hydrogens is 340 g/mol. The Labute approximate surface area is 157 Å². The summed E-state index contributed by atoms with van der Waals surface area (Å²) in [6.45, 7) is 0. The molecule has 0 atom stereocenters. The van der Waals surface area contributed by atoms with E-state index in [1.807, 2.05) is 67.5 Å². The molecule has 2 aliphatic heterocycles. The molecule has 0 fully saturated rings. The maximum atomic E-state index is 12.7. The van der Waals surface area contributed by atoms with Crippen LogP contribution >= 0.6 is 0 Å². The first-order chi connectivity index (χ1) is 13.1. The van der Waals surface area contributed by atoms with Crippen molar-refractivity contribution in [3.05, 3.63) is 77.5 Å². The van der Waals surface area contributed by atoms with Crippen LogP contribution in [-0.2, 0) is 0 Å². The van der Waals surface area contributed by atoms with Crippen LogP contribution in [0.4, 0.5) is 5.69 Å². The fraction of sp³-hybridized carbons (Fsp3) is 0.143. The minimum atomic E-state index is -0.134. The normalized spacial score (nSPS) is 10.9. The Morgan fingerprint density at radius 3 is 2.30 bits per heavy atom. The first-order valence-corrected chi connectivity index (χ1v) is 8.59. The van der Waals surface area contributed by atoms with Crippen molar-refractivity contribution in [2.24, 2.45) is 0 Å². The molecule has 2 aromatic carbocycles. The summed E-state index contributed by atoms with van der Waals surface area (Å²) in [6, 6.07) is 15.5. The SMILES string of the molecule is COc1ccc(-c2nc3cn(-c4ccc(N(C)C)cc4)ccn-3c2=O)cc1. The summed E-state index contributed by atoms with van der Waals surface area (Å²) in [5.74, 6) is 1.35. The van der Waals surface area contributed by atoms with E-state index in [0.717, 1.165) is 22.7 Å². The number of ether oxygens (including phenoxy) is 1. The number of imidazole rings is 1. The molecule has 4 rings (SSSR count). The van der Waals surface area contributed by atoms with Crippen LogP contribution in [0.2, 0.25) is 0 Å². The molecule has 6 nitrogen and oxygen atoms in total. The van der Waals surface area contributed by atoms with Gasteiger partial charge in [-0.1, -0.05) is 0 Å². The Hall–Kier alpha value is -3.54. The van der Waals surface area contributed by atoms with Crippen molar-refractivity contribution >= 4 is 5.69 Å². The fourth-order valence-corrected chi connectivity index (χ4v) is 3.00. The number of anilines is 1. The highest BCUT2D eigenvalue weighted by Gasteiger charge is 2.16. The van der Waals surface area contributed by atoms with Crippen molar-refractivity contribution in [3.8, 4) is 28.5 Å². The highest BCUT2D eigenvalue weighted by molar-refractivity contribution is 5.61. The molecule has 2 aliphatic rings. The van der Waals surface area contributed by atoms with Gasteiger partial charge in [0.2, 0.25) is 0 Å². The zero-order chi connectivity index (χ0) is 19.0. The number of rotatable bonds is 4. The van der Waals surface area contributed by atoms with E-state index in [9.17, 15) is 4.79 Å². The van der Waals surface area contributed by atoms with Crippen LogP contribution in [0.15, 0.2) is 71.9 Å². The van der Waals surface area contributed by atoms with E-state index in [4.69, 9.17) is 4.74 Å². The van der Waals surface area contributed by atoms with E-state index in [-0.39, 0.29) is 5.56 Å². The predicted octanol–water partition coefficient (Wildman–Crippen LogP) is 3.20. The second kappa shape index (κ2) is 6.64. The van der Waals surface area contributed by atoms with Crippen LogP contribution in [0.1, 0.15) is 0 Å². The van der Waals surface area contributed by atoms with Crippen LogP contribution in [0.5, 0.6) is 5.75 Å². The van der Waals surface area contributed by atoms with E-state index in [1.54, 1.807) is 17.9 Å². The molecule has 0 saturated heterocycles. The second-order valence-corrected chi connectivity index (χ2v) is 6.47. The highest BCUT2D eigenvalue weighted by atomic mass is 16.5. The molecule has 2 aromatic rings. The summed E-state index contributed by atoms with van der Waals surface area (Å²) in [5, 5.41) is 0. The van der Waals surface area contributed by atoms with E-state index >= 15 is 0 Å². The van der Waals surface area contributed by atoms with E-state index in [1.165, 1.54) is 0 Å². The molecule has 0 aliphatic carbocycles. The molecule has 0 radical (unpaired) electrons. The Balaban J connectivity index is 1.75. The number of methoxy groups -OCH3 is 1. The summed E-state index contributed by atoms with van der Waals surface area (Å²) in [5.41, 5.74) is 3.20. The number of benzene rings is 2. The Morgan fingerprint density at radius 2 is 1.67 bits per heavy atom. The lowest BCUT2D eigenvalue weighted by Crippen LogP contribution is -2.14. The summed E-state index contributed by atoms with van der Waals surface area (Å²) in [4.78, 5) is 19.3. The first kappa shape index (κ1) is 16.9. The quantitative estimate of drug-likeness (QED) is 0.561. The molecule has 2 heterocycles. The van der Waals surface area contributed by atoms with Gasteiger partial charge < -0.3 is 14.2 Å². The molecule has 6 heteroatoms. The molecule has 0 N–H and O–H groups in total. The van der Waals surface area contributed by atoms with Crippen LogP contribution in [-0.4, -0.2) is 35.3 Å². The summed E-state index contributed by atoms with van der Waals surface area (Å²) >= 11 is 0. The van der Waals surface area contributed by atoms with Crippen LogP contribution in [0.3, 0.4) is 0 Å². The molecule has 27 heavy (non-hydrogen) atoms. The third-order valence-corrected chi connectivity index (χ3v) is 4.55. The third-order valence-electron chi connectivity index (χ3n) is 4.55. The topological polar surface area (TPSA) is 52.3 Å². The van der Waals surface area contributed by atoms with Gasteiger partial charge in [-0.05, 0) is 48.5 Å². The van der Waals surface area contributed by atoms with Crippen LogP contribution < -0.4 is 15.2 Å². The van der Waals surface area contributed by atoms with Crippen molar-refractivity contribution < 1.29 is 4.74 Å². The maximum absolute atomic E-state index is 12.7. The molecule has 136 valence electrons. The van der Waals surface area contributed by atoms with Crippen molar-refractivity contribution in [3.63, 3.8) is 0 Å². The number of fused-ring (bicyclic) bond motifs is 1. The third kappa shape index (κ3) is 3.06. The molecule has 0 amide bonds. The van der Waals surface area contributed by atoms with Gasteiger partial charge in [-0.25, -0.2) is 4.98 Å². The summed E-state index contributed by atoms with van der Waals surface area (Å²) < 4.78 is 8.69. The molecule has 0 saturated carbocycles. The fourth-order valence-electron chi connectivity index (χ4n) is 3.00. The highest BCUT2D eigenvalue weighted by Crippen LogP contribution is 2.21. The predicted molar refractivity (Wildman–Crippen MR) is 107 cm³/mol. The van der Waals surface area contributed by atoms with Crippen LogP contribution in [0.25, 0.3) is 22.8 Å². The molecular formula is C21H20N4O2. The molecule has 0 spiro atoms. The van der Waals surface area contributed by atoms with Gasteiger partial charge in [-0.2, -0.15) is 0 Å². The Morgan fingerprint density at radius 1 is 0.963 bits per heavy atom. The molecule has 0 aromatic heterocycles. The van der Waals surface area contributed by atoms with Gasteiger partial charge in [-0.3, -0.25) is 9.36 Å². The molecule has 0 bridgehead atoms.